The average molecular weight is 492 g/mol. The third-order valence-electron chi connectivity index (χ3n) is 4.97. The van der Waals surface area contributed by atoms with Crippen LogP contribution in [0.2, 0.25) is 0 Å². The largest absolute Gasteiger partial charge is 0.497 e. The normalized spacial score (nSPS) is 19.3. The number of benzene rings is 1. The van der Waals surface area contributed by atoms with Gasteiger partial charge in [0.05, 0.1) is 12.8 Å². The number of rotatable bonds is 5. The number of anilines is 1. The van der Waals surface area contributed by atoms with Crippen LogP contribution in [-0.2, 0) is 11.3 Å². The summed E-state index contributed by atoms with van der Waals surface area (Å²) in [6, 6.07) is 5.91. The number of ether oxygens (including phenoxy) is 1. The number of hydrogen-bond acceptors (Lipinski definition) is 8. The van der Waals surface area contributed by atoms with Gasteiger partial charge in [-0.3, -0.25) is 19.1 Å². The van der Waals surface area contributed by atoms with Crippen LogP contribution in [0.15, 0.2) is 40.5 Å². The number of thiazole rings is 1. The summed E-state index contributed by atoms with van der Waals surface area (Å²) in [5.74, 6) is 0.624. The van der Waals surface area contributed by atoms with E-state index in [-0.39, 0.29) is 11.5 Å². The molecule has 0 bridgehead atoms. The van der Waals surface area contributed by atoms with Crippen molar-refractivity contribution in [1.29, 1.82) is 0 Å². The number of allylic oxidation sites excluding steroid dienone is 1. The number of fused-ring (bicyclic) bond motifs is 1. The first-order valence-corrected chi connectivity index (χ1v) is 12.6. The molecular formula is C21H21N3O3S4. The SMILES string of the molecule is C=CCn1c(=O)/c(=C2\Sc3ccc(OC)cc3N2CC)s/c1=C1\SC(=S)N(CC)C1=O. The van der Waals surface area contributed by atoms with E-state index in [2.05, 4.69) is 18.4 Å². The lowest BCUT2D eigenvalue weighted by atomic mass is 10.2. The Kier molecular flexibility index (Phi) is 6.34. The zero-order valence-electron chi connectivity index (χ0n) is 17.3. The van der Waals surface area contributed by atoms with Gasteiger partial charge in [0.15, 0.2) is 0 Å². The summed E-state index contributed by atoms with van der Waals surface area (Å²) in [5, 5.41) is 0.871. The first-order chi connectivity index (χ1) is 14.9. The maximum atomic E-state index is 13.5. The maximum absolute atomic E-state index is 13.5. The number of aromatic nitrogens is 1. The molecule has 0 N–H and O–H groups in total. The molecule has 0 saturated carbocycles. The molecule has 6 nitrogen and oxygen atoms in total. The predicted octanol–water partition coefficient (Wildman–Crippen LogP) is 2.79. The van der Waals surface area contributed by atoms with Crippen molar-refractivity contribution in [2.24, 2.45) is 0 Å². The summed E-state index contributed by atoms with van der Waals surface area (Å²) in [5.41, 5.74) is 0.895. The van der Waals surface area contributed by atoms with E-state index in [1.54, 1.807) is 34.4 Å². The first-order valence-electron chi connectivity index (χ1n) is 9.71. The summed E-state index contributed by atoms with van der Waals surface area (Å²) in [6.07, 6.45) is 1.67. The van der Waals surface area contributed by atoms with Crippen molar-refractivity contribution in [2.45, 2.75) is 25.3 Å². The van der Waals surface area contributed by atoms with Crippen LogP contribution in [0.4, 0.5) is 5.69 Å². The van der Waals surface area contributed by atoms with Crippen molar-refractivity contribution >= 4 is 72.9 Å². The second-order valence-electron chi connectivity index (χ2n) is 6.67. The van der Waals surface area contributed by atoms with E-state index in [1.165, 1.54) is 23.1 Å². The van der Waals surface area contributed by atoms with Crippen LogP contribution in [0.25, 0.3) is 9.93 Å². The zero-order chi connectivity index (χ0) is 22.3. The molecular weight excluding hydrogens is 471 g/mol. The molecule has 2 aromatic rings. The molecule has 1 aromatic heterocycles. The molecule has 4 rings (SSSR count). The smallest absolute Gasteiger partial charge is 0.272 e. The number of thioether (sulfide) groups is 2. The lowest BCUT2D eigenvalue weighted by Gasteiger charge is -2.17. The van der Waals surface area contributed by atoms with Gasteiger partial charge in [0, 0.05) is 30.6 Å². The highest BCUT2D eigenvalue weighted by Gasteiger charge is 2.33. The molecule has 0 radical (unpaired) electrons. The Hall–Kier alpha value is -2.01. The van der Waals surface area contributed by atoms with Gasteiger partial charge in [-0.2, -0.15) is 0 Å². The van der Waals surface area contributed by atoms with Crippen molar-refractivity contribution in [3.8, 4) is 5.75 Å². The monoisotopic (exact) mass is 491 g/mol. The van der Waals surface area contributed by atoms with Gasteiger partial charge in [0.2, 0.25) is 0 Å². The van der Waals surface area contributed by atoms with Gasteiger partial charge in [0.25, 0.3) is 11.5 Å². The van der Waals surface area contributed by atoms with Crippen LogP contribution in [0.5, 0.6) is 5.75 Å². The number of hydrogen-bond donors (Lipinski definition) is 0. The summed E-state index contributed by atoms with van der Waals surface area (Å²) in [7, 11) is 1.64. The molecule has 2 aliphatic rings. The van der Waals surface area contributed by atoms with Gasteiger partial charge < -0.3 is 9.64 Å². The molecule has 1 amide bonds. The average Bonchev–Trinajstić information content (AvgIpc) is 3.38. The van der Waals surface area contributed by atoms with E-state index in [0.717, 1.165) is 21.4 Å². The third-order valence-corrected chi connectivity index (χ3v) is 9.04. The Balaban J connectivity index is 1.99. The van der Waals surface area contributed by atoms with E-state index >= 15 is 0 Å². The van der Waals surface area contributed by atoms with Gasteiger partial charge in [-0.15, -0.1) is 17.9 Å². The summed E-state index contributed by atoms with van der Waals surface area (Å²) in [6.45, 7) is 9.26. The lowest BCUT2D eigenvalue weighted by molar-refractivity contribution is -0.120. The third kappa shape index (κ3) is 3.65. The Morgan fingerprint density at radius 3 is 2.52 bits per heavy atom. The van der Waals surface area contributed by atoms with Gasteiger partial charge in [-0.25, -0.2) is 0 Å². The first kappa shape index (κ1) is 22.2. The Morgan fingerprint density at radius 2 is 1.90 bits per heavy atom. The maximum Gasteiger partial charge on any atom is 0.272 e. The van der Waals surface area contributed by atoms with Gasteiger partial charge in [0.1, 0.15) is 29.2 Å². The summed E-state index contributed by atoms with van der Waals surface area (Å²) >= 11 is 9.54. The van der Waals surface area contributed by atoms with Crippen LogP contribution in [0.1, 0.15) is 13.8 Å². The van der Waals surface area contributed by atoms with E-state index in [9.17, 15) is 9.59 Å². The second-order valence-corrected chi connectivity index (χ2v) is 10.3. The summed E-state index contributed by atoms with van der Waals surface area (Å²) in [4.78, 5) is 31.6. The van der Waals surface area contributed by atoms with Crippen molar-refractivity contribution in [3.05, 3.63) is 50.4 Å². The number of amides is 1. The number of carbonyl (C=O) groups excluding carboxylic acids is 1. The van der Waals surface area contributed by atoms with Gasteiger partial charge >= 0.3 is 0 Å². The Bertz CT molecular complexity index is 1280. The van der Waals surface area contributed by atoms with Crippen LogP contribution in [0.3, 0.4) is 0 Å². The molecule has 1 fully saturated rings. The highest BCUT2D eigenvalue weighted by molar-refractivity contribution is 8.30. The fourth-order valence-corrected chi connectivity index (χ4v) is 7.51. The second kappa shape index (κ2) is 8.85. The topological polar surface area (TPSA) is 54.8 Å². The molecule has 3 heterocycles. The van der Waals surface area contributed by atoms with Crippen LogP contribution in [0, 0.1) is 0 Å². The van der Waals surface area contributed by atoms with E-state index in [0.29, 0.717) is 38.1 Å². The molecule has 0 unspecified atom stereocenters. The molecule has 1 saturated heterocycles. The zero-order valence-corrected chi connectivity index (χ0v) is 20.6. The van der Waals surface area contributed by atoms with Crippen molar-refractivity contribution in [1.82, 2.24) is 9.47 Å². The minimum absolute atomic E-state index is 0.123. The quantitative estimate of drug-likeness (QED) is 0.471. The number of nitrogens with zero attached hydrogens (tertiary/aromatic N) is 3. The van der Waals surface area contributed by atoms with Gasteiger partial charge in [-0.05, 0) is 26.0 Å². The molecule has 162 valence electrons. The van der Waals surface area contributed by atoms with Crippen LogP contribution >= 0.6 is 47.1 Å². The van der Waals surface area contributed by atoms with Crippen LogP contribution in [-0.4, -0.2) is 39.9 Å². The van der Waals surface area contributed by atoms with E-state index in [1.807, 2.05) is 25.1 Å². The minimum atomic E-state index is -0.146. The molecule has 0 atom stereocenters. The van der Waals surface area contributed by atoms with Crippen molar-refractivity contribution in [2.75, 3.05) is 25.1 Å². The van der Waals surface area contributed by atoms with Crippen LogP contribution < -0.4 is 24.4 Å². The fraction of sp³-hybridized carbons (Fsp3) is 0.286. The van der Waals surface area contributed by atoms with E-state index in [4.69, 9.17) is 17.0 Å². The Morgan fingerprint density at radius 1 is 1.16 bits per heavy atom. The highest BCUT2D eigenvalue weighted by atomic mass is 32.2. The van der Waals surface area contributed by atoms with E-state index < -0.39 is 0 Å². The molecule has 1 aromatic carbocycles. The summed E-state index contributed by atoms with van der Waals surface area (Å²) < 4.78 is 8.77. The number of carbonyl (C=O) groups is 1. The van der Waals surface area contributed by atoms with Crippen molar-refractivity contribution < 1.29 is 9.53 Å². The molecule has 2 aliphatic heterocycles. The number of methoxy groups -OCH3 is 1. The van der Waals surface area contributed by atoms with Crippen molar-refractivity contribution in [3.63, 3.8) is 0 Å². The highest BCUT2D eigenvalue weighted by Crippen LogP contribution is 2.47. The molecule has 10 heteroatoms. The Labute approximate surface area is 197 Å². The standard InChI is InChI=1S/C21H21N3O3S4/c1-5-10-24-18(26)15(30-20(24)16-17(25)23(7-3)21(28)31-16)19-22(6-2)13-11-12(27-4)8-9-14(13)29-19/h5,8-9,11H,1,6-7,10H2,2-4H3/b19-15+,20-16-. The molecule has 0 spiro atoms. The predicted molar refractivity (Wildman–Crippen MR) is 134 cm³/mol. The number of thiocarbonyl (C=S) groups is 1. The molecule has 0 aliphatic carbocycles. The molecule has 31 heavy (non-hydrogen) atoms. The van der Waals surface area contributed by atoms with Gasteiger partial charge in [-0.1, -0.05) is 41.8 Å². The minimum Gasteiger partial charge on any atom is -0.497 e. The lowest BCUT2D eigenvalue weighted by Crippen LogP contribution is -2.35. The fourth-order valence-electron chi connectivity index (χ4n) is 3.48.